The molecule has 1 heterocycles. The molecule has 0 aliphatic heterocycles. The number of nitrogens with zero attached hydrogens (tertiary/aromatic N) is 2. The summed E-state index contributed by atoms with van der Waals surface area (Å²) in [4.78, 5) is 20.6. The first-order valence-corrected chi connectivity index (χ1v) is 9.97. The maximum absolute atomic E-state index is 12.7. The van der Waals surface area contributed by atoms with Gasteiger partial charge in [-0.3, -0.25) is 0 Å². The van der Waals surface area contributed by atoms with Gasteiger partial charge < -0.3 is 9.72 Å². The van der Waals surface area contributed by atoms with Crippen LogP contribution in [-0.2, 0) is 11.3 Å². The van der Waals surface area contributed by atoms with Crippen LogP contribution in [0.3, 0.4) is 0 Å². The molecule has 1 fully saturated rings. The maximum atomic E-state index is 12.7. The van der Waals surface area contributed by atoms with Crippen molar-refractivity contribution in [2.24, 2.45) is 0 Å². The molecule has 4 aromatic rings. The summed E-state index contributed by atoms with van der Waals surface area (Å²) in [7, 11) is 0. The summed E-state index contributed by atoms with van der Waals surface area (Å²) in [5.74, 6) is 1.08. The van der Waals surface area contributed by atoms with E-state index in [2.05, 4.69) is 16.0 Å². The number of rotatable bonds is 5. The van der Waals surface area contributed by atoms with Gasteiger partial charge in [0.1, 0.15) is 12.4 Å². The lowest BCUT2D eigenvalue weighted by Crippen LogP contribution is -2.06. The number of imidazole rings is 1. The molecular weight excluding hydrogens is 374 g/mol. The molecule has 1 aromatic heterocycles. The predicted molar refractivity (Wildman–Crippen MR) is 114 cm³/mol. The Morgan fingerprint density at radius 1 is 1.07 bits per heavy atom. The molecule has 0 saturated heterocycles. The third kappa shape index (κ3) is 3.44. The first-order chi connectivity index (χ1) is 14.7. The number of nitrogens with one attached hydrogen (secondary N) is 1. The van der Waals surface area contributed by atoms with Gasteiger partial charge in [-0.25, -0.2) is 9.78 Å². The second-order valence-corrected chi connectivity index (χ2v) is 7.53. The van der Waals surface area contributed by atoms with E-state index in [9.17, 15) is 10.1 Å². The second kappa shape index (κ2) is 7.49. The summed E-state index contributed by atoms with van der Waals surface area (Å²) < 4.78 is 5.56. The molecule has 1 aliphatic rings. The van der Waals surface area contributed by atoms with Crippen molar-refractivity contribution in [1.29, 1.82) is 5.26 Å². The molecule has 1 saturated carbocycles. The van der Waals surface area contributed by atoms with Gasteiger partial charge in [-0.1, -0.05) is 48.5 Å². The lowest BCUT2D eigenvalue weighted by Gasteiger charge is -2.08. The van der Waals surface area contributed by atoms with Crippen LogP contribution in [0.15, 0.2) is 66.7 Å². The molecule has 0 unspecified atom stereocenters. The van der Waals surface area contributed by atoms with Crippen molar-refractivity contribution in [3.8, 4) is 17.2 Å². The number of aromatic amines is 1. The average Bonchev–Trinajstić information content (AvgIpc) is 3.56. The average molecular weight is 393 g/mol. The number of H-pyrrole nitrogens is 1. The number of hydrogen-bond acceptors (Lipinski definition) is 4. The SMILES string of the molecule is N#Cc1ccccc1-c1ccc(COC(=O)c2cccc3nc(C4CC4)[nH]c23)cc1. The summed E-state index contributed by atoms with van der Waals surface area (Å²) in [5.41, 5.74) is 5.41. The molecule has 0 radical (unpaired) electrons. The Morgan fingerprint density at radius 3 is 2.63 bits per heavy atom. The lowest BCUT2D eigenvalue weighted by molar-refractivity contribution is 0.0475. The third-order valence-electron chi connectivity index (χ3n) is 5.40. The van der Waals surface area contributed by atoms with E-state index in [1.807, 2.05) is 54.6 Å². The molecule has 30 heavy (non-hydrogen) atoms. The van der Waals surface area contributed by atoms with Gasteiger partial charge in [0.25, 0.3) is 0 Å². The summed E-state index contributed by atoms with van der Waals surface area (Å²) in [5, 5.41) is 9.28. The number of nitriles is 1. The highest BCUT2D eigenvalue weighted by Gasteiger charge is 2.27. The van der Waals surface area contributed by atoms with Gasteiger partial charge in [0.05, 0.1) is 28.2 Å². The van der Waals surface area contributed by atoms with Crippen LogP contribution in [0.5, 0.6) is 0 Å². The second-order valence-electron chi connectivity index (χ2n) is 7.53. The number of ether oxygens (including phenoxy) is 1. The van der Waals surface area contributed by atoms with E-state index < -0.39 is 0 Å². The highest BCUT2D eigenvalue weighted by molar-refractivity contribution is 6.02. The van der Waals surface area contributed by atoms with Crippen molar-refractivity contribution >= 4 is 17.0 Å². The first kappa shape index (κ1) is 18.1. The molecule has 5 nitrogen and oxygen atoms in total. The Labute approximate surface area is 174 Å². The molecule has 5 heteroatoms. The van der Waals surface area contributed by atoms with Gasteiger partial charge in [0, 0.05) is 5.92 Å². The largest absolute Gasteiger partial charge is 0.457 e. The van der Waals surface area contributed by atoms with Crippen LogP contribution in [0.25, 0.3) is 22.2 Å². The fourth-order valence-corrected chi connectivity index (χ4v) is 3.61. The van der Waals surface area contributed by atoms with Gasteiger partial charge in [0.15, 0.2) is 0 Å². The summed E-state index contributed by atoms with van der Waals surface area (Å²) >= 11 is 0. The van der Waals surface area contributed by atoms with Gasteiger partial charge >= 0.3 is 5.97 Å². The number of fused-ring (bicyclic) bond motifs is 1. The van der Waals surface area contributed by atoms with Crippen LogP contribution in [0.2, 0.25) is 0 Å². The molecule has 0 atom stereocenters. The zero-order valence-electron chi connectivity index (χ0n) is 16.3. The molecule has 1 aliphatic carbocycles. The van der Waals surface area contributed by atoms with Crippen LogP contribution in [0.1, 0.15) is 46.1 Å². The minimum absolute atomic E-state index is 0.180. The zero-order chi connectivity index (χ0) is 20.5. The molecule has 5 rings (SSSR count). The Morgan fingerprint density at radius 2 is 1.87 bits per heavy atom. The minimum Gasteiger partial charge on any atom is -0.457 e. The van der Waals surface area contributed by atoms with E-state index in [0.717, 1.165) is 46.4 Å². The van der Waals surface area contributed by atoms with Crippen molar-refractivity contribution in [2.75, 3.05) is 0 Å². The standard InChI is InChI=1S/C25H19N3O2/c26-14-19-4-1-2-5-20(19)17-10-8-16(9-11-17)15-30-25(29)21-6-3-7-22-23(21)28-24(27-22)18-12-13-18/h1-11,18H,12-13,15H2,(H,27,28). The van der Waals surface area contributed by atoms with Gasteiger partial charge in [-0.05, 0) is 47.7 Å². The van der Waals surface area contributed by atoms with Gasteiger partial charge in [-0.15, -0.1) is 0 Å². The monoisotopic (exact) mass is 393 g/mol. The van der Waals surface area contributed by atoms with Crippen LogP contribution in [-0.4, -0.2) is 15.9 Å². The normalized spacial score (nSPS) is 13.2. The van der Waals surface area contributed by atoms with Crippen LogP contribution in [0, 0.1) is 11.3 Å². The van der Waals surface area contributed by atoms with Crippen molar-refractivity contribution < 1.29 is 9.53 Å². The Hall–Kier alpha value is -3.91. The molecule has 146 valence electrons. The third-order valence-corrected chi connectivity index (χ3v) is 5.40. The van der Waals surface area contributed by atoms with Gasteiger partial charge in [-0.2, -0.15) is 5.26 Å². The highest BCUT2D eigenvalue weighted by atomic mass is 16.5. The smallest absolute Gasteiger partial charge is 0.340 e. The van der Waals surface area contributed by atoms with E-state index >= 15 is 0 Å². The lowest BCUT2D eigenvalue weighted by atomic mass is 9.99. The van der Waals surface area contributed by atoms with Gasteiger partial charge in [0.2, 0.25) is 0 Å². The molecule has 3 aromatic carbocycles. The van der Waals surface area contributed by atoms with E-state index in [-0.39, 0.29) is 12.6 Å². The number of esters is 1. The Bertz CT molecular complexity index is 1280. The van der Waals surface area contributed by atoms with Crippen LogP contribution < -0.4 is 0 Å². The quantitative estimate of drug-likeness (QED) is 0.465. The van der Waals surface area contributed by atoms with E-state index in [4.69, 9.17) is 4.74 Å². The number of aromatic nitrogens is 2. The molecule has 0 spiro atoms. The molecule has 1 N–H and O–H groups in total. The molecule has 0 amide bonds. The minimum atomic E-state index is -0.370. The summed E-state index contributed by atoms with van der Waals surface area (Å²) in [6.07, 6.45) is 2.29. The summed E-state index contributed by atoms with van der Waals surface area (Å²) in [6, 6.07) is 22.9. The summed E-state index contributed by atoms with van der Waals surface area (Å²) in [6.45, 7) is 0.180. The molecular formula is C25H19N3O2. The van der Waals surface area contributed by atoms with Crippen molar-refractivity contribution in [2.45, 2.75) is 25.4 Å². The Kier molecular flexibility index (Phi) is 4.53. The Balaban J connectivity index is 1.31. The number of carbonyl (C=O) groups is 1. The molecule has 0 bridgehead atoms. The van der Waals surface area contributed by atoms with Crippen molar-refractivity contribution in [1.82, 2.24) is 9.97 Å². The number of benzene rings is 3. The topological polar surface area (TPSA) is 78.8 Å². The number of hydrogen-bond donors (Lipinski definition) is 1. The first-order valence-electron chi connectivity index (χ1n) is 9.97. The van der Waals surface area contributed by atoms with Crippen molar-refractivity contribution in [3.05, 3.63) is 89.2 Å². The fraction of sp³-hybridized carbons (Fsp3) is 0.160. The van der Waals surface area contributed by atoms with Crippen molar-refractivity contribution in [3.63, 3.8) is 0 Å². The van der Waals surface area contributed by atoms with Crippen LogP contribution >= 0.6 is 0 Å². The predicted octanol–water partition coefficient (Wildman–Crippen LogP) is 5.34. The highest BCUT2D eigenvalue weighted by Crippen LogP contribution is 2.39. The van der Waals surface area contributed by atoms with E-state index in [1.54, 1.807) is 12.1 Å². The number of para-hydroxylation sites is 1. The van der Waals surface area contributed by atoms with E-state index in [0.29, 0.717) is 17.0 Å². The zero-order valence-corrected chi connectivity index (χ0v) is 16.3. The fourth-order valence-electron chi connectivity index (χ4n) is 3.61. The number of carbonyl (C=O) groups excluding carboxylic acids is 1. The van der Waals surface area contributed by atoms with E-state index in [1.165, 1.54) is 0 Å². The maximum Gasteiger partial charge on any atom is 0.340 e. The van der Waals surface area contributed by atoms with Crippen LogP contribution in [0.4, 0.5) is 0 Å².